The lowest BCUT2D eigenvalue weighted by Gasteiger charge is -2.08. The van der Waals surface area contributed by atoms with Crippen molar-refractivity contribution in [2.75, 3.05) is 5.73 Å². The molecule has 4 nitrogen and oxygen atoms in total. The molecule has 0 aliphatic rings. The number of carbonyl (C=O) groups is 1. The Morgan fingerprint density at radius 3 is 2.52 bits per heavy atom. The highest BCUT2D eigenvalue weighted by molar-refractivity contribution is 7.84. The number of halogens is 1. The number of nitrogens with two attached hydrogens (primary N) is 2. The zero-order chi connectivity index (χ0) is 15.6. The summed E-state index contributed by atoms with van der Waals surface area (Å²) in [6.45, 7) is 1.80. The Kier molecular flexibility index (Phi) is 4.37. The molecule has 0 aromatic heterocycles. The van der Waals surface area contributed by atoms with E-state index < -0.39 is 22.5 Å². The topological polar surface area (TPSA) is 86.2 Å². The van der Waals surface area contributed by atoms with E-state index in [-0.39, 0.29) is 16.9 Å². The standard InChI is InChI=1S/C15H15FN2O2S/c1-9-6-12(17)4-5-14(9)21(20)8-11-3-2-10(15(18)19)7-13(11)16/h2-7H,8,17H2,1H3,(H2,18,19). The number of benzene rings is 2. The third kappa shape index (κ3) is 3.46. The minimum atomic E-state index is -1.39. The molecule has 6 heteroatoms. The summed E-state index contributed by atoms with van der Waals surface area (Å²) >= 11 is 0. The summed E-state index contributed by atoms with van der Waals surface area (Å²) < 4.78 is 26.2. The maximum atomic E-state index is 13.9. The lowest BCUT2D eigenvalue weighted by Crippen LogP contribution is -2.11. The van der Waals surface area contributed by atoms with Crippen LogP contribution in [0.3, 0.4) is 0 Å². The zero-order valence-electron chi connectivity index (χ0n) is 11.4. The van der Waals surface area contributed by atoms with Gasteiger partial charge in [0.1, 0.15) is 5.82 Å². The highest BCUT2D eigenvalue weighted by Gasteiger charge is 2.13. The molecular formula is C15H15FN2O2S. The lowest BCUT2D eigenvalue weighted by molar-refractivity contribution is 0.1000. The summed E-state index contributed by atoms with van der Waals surface area (Å²) in [5.41, 5.74) is 12.5. The summed E-state index contributed by atoms with van der Waals surface area (Å²) in [5.74, 6) is -1.26. The highest BCUT2D eigenvalue weighted by Crippen LogP contribution is 2.20. The van der Waals surface area contributed by atoms with Crippen molar-refractivity contribution in [2.24, 2.45) is 5.73 Å². The molecule has 110 valence electrons. The molecule has 0 radical (unpaired) electrons. The molecule has 0 aliphatic carbocycles. The highest BCUT2D eigenvalue weighted by atomic mass is 32.2. The molecule has 1 unspecified atom stereocenters. The average molecular weight is 306 g/mol. The predicted molar refractivity (Wildman–Crippen MR) is 80.6 cm³/mol. The normalized spacial score (nSPS) is 12.1. The second kappa shape index (κ2) is 6.05. The second-order valence-electron chi connectivity index (χ2n) is 4.69. The van der Waals surface area contributed by atoms with Gasteiger partial charge >= 0.3 is 0 Å². The first-order valence-electron chi connectivity index (χ1n) is 6.21. The van der Waals surface area contributed by atoms with Gasteiger partial charge < -0.3 is 11.5 Å². The molecule has 0 fully saturated rings. The van der Waals surface area contributed by atoms with Crippen molar-refractivity contribution in [1.82, 2.24) is 0 Å². The van der Waals surface area contributed by atoms with Gasteiger partial charge in [-0.3, -0.25) is 9.00 Å². The molecule has 2 rings (SSSR count). The molecule has 0 saturated heterocycles. The zero-order valence-corrected chi connectivity index (χ0v) is 12.2. The number of rotatable bonds is 4. The molecular weight excluding hydrogens is 291 g/mol. The van der Waals surface area contributed by atoms with E-state index in [1.807, 2.05) is 0 Å². The Labute approximate surface area is 124 Å². The van der Waals surface area contributed by atoms with E-state index in [0.29, 0.717) is 10.6 Å². The van der Waals surface area contributed by atoms with Crippen LogP contribution >= 0.6 is 0 Å². The number of hydrogen-bond donors (Lipinski definition) is 2. The van der Waals surface area contributed by atoms with Gasteiger partial charge in [-0.15, -0.1) is 0 Å². The van der Waals surface area contributed by atoms with Crippen LogP contribution in [0, 0.1) is 12.7 Å². The van der Waals surface area contributed by atoms with Gasteiger partial charge in [-0.25, -0.2) is 4.39 Å². The molecule has 21 heavy (non-hydrogen) atoms. The van der Waals surface area contributed by atoms with E-state index in [4.69, 9.17) is 11.5 Å². The van der Waals surface area contributed by atoms with E-state index in [2.05, 4.69) is 0 Å². The molecule has 0 spiro atoms. The minimum Gasteiger partial charge on any atom is -0.399 e. The van der Waals surface area contributed by atoms with Crippen LogP contribution in [0.5, 0.6) is 0 Å². The first-order chi connectivity index (χ1) is 9.88. The SMILES string of the molecule is Cc1cc(N)ccc1S(=O)Cc1ccc(C(N)=O)cc1F. The number of nitrogen functional groups attached to an aromatic ring is 1. The molecule has 0 bridgehead atoms. The summed E-state index contributed by atoms with van der Waals surface area (Å²) in [4.78, 5) is 11.6. The molecule has 0 aliphatic heterocycles. The third-order valence-electron chi connectivity index (χ3n) is 3.07. The Bertz CT molecular complexity index is 732. The Balaban J connectivity index is 2.25. The van der Waals surface area contributed by atoms with Crippen LogP contribution in [0.2, 0.25) is 0 Å². The van der Waals surface area contributed by atoms with E-state index in [1.54, 1.807) is 25.1 Å². The fourth-order valence-electron chi connectivity index (χ4n) is 1.96. The second-order valence-corrected chi connectivity index (χ2v) is 6.10. The largest absolute Gasteiger partial charge is 0.399 e. The molecule has 1 amide bonds. The number of primary amides is 1. The van der Waals surface area contributed by atoms with Gasteiger partial charge in [-0.2, -0.15) is 0 Å². The number of aryl methyl sites for hydroxylation is 1. The van der Waals surface area contributed by atoms with Gasteiger partial charge in [0, 0.05) is 21.7 Å². The van der Waals surface area contributed by atoms with E-state index >= 15 is 0 Å². The smallest absolute Gasteiger partial charge is 0.248 e. The van der Waals surface area contributed by atoms with Crippen LogP contribution in [0.15, 0.2) is 41.3 Å². The molecule has 4 N–H and O–H groups in total. The van der Waals surface area contributed by atoms with Crippen molar-refractivity contribution in [1.29, 1.82) is 0 Å². The van der Waals surface area contributed by atoms with Crippen LogP contribution in [-0.2, 0) is 16.6 Å². The summed E-state index contributed by atoms with van der Waals surface area (Å²) in [6.07, 6.45) is 0. The van der Waals surface area contributed by atoms with Crippen molar-refractivity contribution in [3.8, 4) is 0 Å². The van der Waals surface area contributed by atoms with Gasteiger partial charge in [-0.1, -0.05) is 6.07 Å². The first-order valence-corrected chi connectivity index (χ1v) is 7.53. The van der Waals surface area contributed by atoms with Crippen molar-refractivity contribution in [3.05, 3.63) is 58.9 Å². The van der Waals surface area contributed by atoms with Gasteiger partial charge in [0.15, 0.2) is 0 Å². The van der Waals surface area contributed by atoms with E-state index in [9.17, 15) is 13.4 Å². The lowest BCUT2D eigenvalue weighted by atomic mass is 10.1. The maximum absolute atomic E-state index is 13.9. The average Bonchev–Trinajstić information content (AvgIpc) is 2.40. The van der Waals surface area contributed by atoms with Crippen LogP contribution in [-0.4, -0.2) is 10.1 Å². The van der Waals surface area contributed by atoms with Gasteiger partial charge in [0.2, 0.25) is 5.91 Å². The van der Waals surface area contributed by atoms with Crippen LogP contribution in [0.4, 0.5) is 10.1 Å². The predicted octanol–water partition coefficient (Wildman–Crippen LogP) is 2.12. The molecule has 0 saturated carbocycles. The summed E-state index contributed by atoms with van der Waals surface area (Å²) in [5, 5.41) is 0. The quantitative estimate of drug-likeness (QED) is 0.848. The Hall–Kier alpha value is -2.21. The van der Waals surface area contributed by atoms with Gasteiger partial charge in [0.25, 0.3) is 0 Å². The summed E-state index contributed by atoms with van der Waals surface area (Å²) in [6, 6.07) is 8.97. The van der Waals surface area contributed by atoms with Crippen LogP contribution in [0.1, 0.15) is 21.5 Å². The Morgan fingerprint density at radius 1 is 1.24 bits per heavy atom. The van der Waals surface area contributed by atoms with E-state index in [1.165, 1.54) is 12.1 Å². The fourth-order valence-corrected chi connectivity index (χ4v) is 3.27. The van der Waals surface area contributed by atoms with Crippen molar-refractivity contribution >= 4 is 22.4 Å². The molecule has 2 aromatic carbocycles. The van der Waals surface area contributed by atoms with Crippen molar-refractivity contribution in [3.63, 3.8) is 0 Å². The number of hydrogen-bond acceptors (Lipinski definition) is 3. The monoisotopic (exact) mass is 306 g/mol. The van der Waals surface area contributed by atoms with Crippen LogP contribution in [0.25, 0.3) is 0 Å². The maximum Gasteiger partial charge on any atom is 0.248 e. The number of carbonyl (C=O) groups excluding carboxylic acids is 1. The minimum absolute atomic E-state index is 0.0234. The molecule has 0 heterocycles. The molecule has 1 atom stereocenters. The van der Waals surface area contributed by atoms with Crippen molar-refractivity contribution in [2.45, 2.75) is 17.6 Å². The fraction of sp³-hybridized carbons (Fsp3) is 0.133. The summed E-state index contributed by atoms with van der Waals surface area (Å²) in [7, 11) is -1.39. The van der Waals surface area contributed by atoms with Gasteiger partial charge in [-0.05, 0) is 42.8 Å². The Morgan fingerprint density at radius 2 is 1.95 bits per heavy atom. The molecule has 2 aromatic rings. The third-order valence-corrected chi connectivity index (χ3v) is 4.59. The van der Waals surface area contributed by atoms with Crippen molar-refractivity contribution < 1.29 is 13.4 Å². The van der Waals surface area contributed by atoms with E-state index in [0.717, 1.165) is 11.6 Å². The van der Waals surface area contributed by atoms with Crippen LogP contribution < -0.4 is 11.5 Å². The van der Waals surface area contributed by atoms with Gasteiger partial charge in [0.05, 0.1) is 16.6 Å². The number of amides is 1. The first kappa shape index (κ1) is 15.2. The number of anilines is 1.